The molecule has 16 heavy (non-hydrogen) atoms. The molecule has 1 fully saturated rings. The third-order valence-corrected chi connectivity index (χ3v) is 2.76. The fourth-order valence-corrected chi connectivity index (χ4v) is 1.89. The molecule has 0 N–H and O–H groups in total. The molecule has 1 atom stereocenters. The molecule has 5 nitrogen and oxygen atoms in total. The number of aromatic nitrogens is 1. The van der Waals surface area contributed by atoms with Gasteiger partial charge in [0.1, 0.15) is 6.54 Å². The average molecular weight is 216 g/mol. The highest BCUT2D eigenvalue weighted by Gasteiger charge is 2.35. The molecule has 0 saturated carbocycles. The maximum Gasteiger partial charge on any atom is 0.321 e. The topological polar surface area (TPSA) is 60.2 Å². The van der Waals surface area contributed by atoms with E-state index in [9.17, 15) is 4.79 Å². The normalized spacial score (nSPS) is 20.0. The van der Waals surface area contributed by atoms with E-state index in [0.29, 0.717) is 6.54 Å². The first-order valence-electron chi connectivity index (χ1n) is 5.02. The molecule has 0 aromatic carbocycles. The third kappa shape index (κ3) is 1.70. The van der Waals surface area contributed by atoms with Crippen molar-refractivity contribution in [2.24, 2.45) is 0 Å². The second-order valence-corrected chi connectivity index (χ2v) is 3.73. The Morgan fingerprint density at radius 2 is 2.50 bits per heavy atom. The number of pyridine rings is 1. The van der Waals surface area contributed by atoms with Crippen molar-refractivity contribution in [1.29, 1.82) is 5.26 Å². The molecule has 1 aromatic rings. The molecule has 0 radical (unpaired) electrons. The quantitative estimate of drug-likeness (QED) is 0.693. The van der Waals surface area contributed by atoms with Gasteiger partial charge in [-0.15, -0.1) is 0 Å². The van der Waals surface area contributed by atoms with Crippen molar-refractivity contribution >= 4 is 6.03 Å². The van der Waals surface area contributed by atoms with Gasteiger partial charge in [0.05, 0.1) is 12.1 Å². The zero-order valence-corrected chi connectivity index (χ0v) is 9.00. The molecular weight excluding hydrogens is 204 g/mol. The van der Waals surface area contributed by atoms with Crippen molar-refractivity contribution in [2.45, 2.75) is 6.04 Å². The Kier molecular flexibility index (Phi) is 2.73. The number of urea groups is 1. The summed E-state index contributed by atoms with van der Waals surface area (Å²) < 4.78 is 0. The minimum absolute atomic E-state index is 0.00505. The molecule has 2 rings (SSSR count). The summed E-state index contributed by atoms with van der Waals surface area (Å²) in [4.78, 5) is 19.0. The minimum atomic E-state index is -0.101. The zero-order valence-electron chi connectivity index (χ0n) is 9.00. The number of rotatable bonds is 2. The van der Waals surface area contributed by atoms with Gasteiger partial charge in [-0.25, -0.2) is 4.79 Å². The van der Waals surface area contributed by atoms with Crippen LogP contribution in [-0.2, 0) is 0 Å². The van der Waals surface area contributed by atoms with Gasteiger partial charge in [-0.05, 0) is 11.6 Å². The Labute approximate surface area is 93.9 Å². The largest absolute Gasteiger partial charge is 0.321 e. The summed E-state index contributed by atoms with van der Waals surface area (Å²) >= 11 is 0. The van der Waals surface area contributed by atoms with Crippen LogP contribution in [0.15, 0.2) is 24.5 Å². The summed E-state index contributed by atoms with van der Waals surface area (Å²) in [6.45, 7) is 0.689. The predicted octanol–water partition coefficient (Wildman–Crippen LogP) is 1.01. The van der Waals surface area contributed by atoms with Crippen LogP contribution in [0.1, 0.15) is 11.6 Å². The number of nitrogens with zero attached hydrogens (tertiary/aromatic N) is 4. The van der Waals surface area contributed by atoms with Crippen molar-refractivity contribution in [3.8, 4) is 6.07 Å². The van der Waals surface area contributed by atoms with Crippen LogP contribution < -0.4 is 0 Å². The van der Waals surface area contributed by atoms with Crippen molar-refractivity contribution in [3.05, 3.63) is 30.1 Å². The number of carbonyl (C=O) groups excluding carboxylic acids is 1. The van der Waals surface area contributed by atoms with E-state index in [4.69, 9.17) is 5.26 Å². The van der Waals surface area contributed by atoms with Gasteiger partial charge in [-0.1, -0.05) is 6.07 Å². The second kappa shape index (κ2) is 4.19. The Morgan fingerprint density at radius 3 is 3.12 bits per heavy atom. The van der Waals surface area contributed by atoms with Crippen LogP contribution in [0.4, 0.5) is 4.79 Å². The van der Waals surface area contributed by atoms with Crippen molar-refractivity contribution in [2.75, 3.05) is 20.1 Å². The van der Waals surface area contributed by atoms with Crippen molar-refractivity contribution in [3.63, 3.8) is 0 Å². The summed E-state index contributed by atoms with van der Waals surface area (Å²) in [5, 5.41) is 8.61. The molecule has 5 heteroatoms. The van der Waals surface area contributed by atoms with Gasteiger partial charge in [0.15, 0.2) is 0 Å². The maximum atomic E-state index is 11.8. The van der Waals surface area contributed by atoms with Gasteiger partial charge in [0, 0.05) is 26.0 Å². The number of amides is 2. The molecule has 2 heterocycles. The highest BCUT2D eigenvalue weighted by molar-refractivity contribution is 5.77. The molecule has 1 aliphatic rings. The first kappa shape index (κ1) is 10.4. The van der Waals surface area contributed by atoms with Gasteiger partial charge < -0.3 is 9.80 Å². The minimum Gasteiger partial charge on any atom is -0.319 e. The molecule has 0 aliphatic carbocycles. The number of carbonyl (C=O) groups is 1. The summed E-state index contributed by atoms with van der Waals surface area (Å²) in [7, 11) is 1.75. The highest BCUT2D eigenvalue weighted by atomic mass is 16.2. The summed E-state index contributed by atoms with van der Waals surface area (Å²) in [5.41, 5.74) is 0.999. The Balaban J connectivity index is 2.20. The van der Waals surface area contributed by atoms with Crippen LogP contribution in [0.3, 0.4) is 0 Å². The first-order valence-corrected chi connectivity index (χ1v) is 5.02. The molecule has 1 aromatic heterocycles. The molecule has 1 saturated heterocycles. The number of hydrogen-bond acceptors (Lipinski definition) is 3. The fraction of sp³-hybridized carbons (Fsp3) is 0.364. The van der Waals surface area contributed by atoms with Gasteiger partial charge in [0.25, 0.3) is 0 Å². The Morgan fingerprint density at radius 1 is 1.69 bits per heavy atom. The van der Waals surface area contributed by atoms with Gasteiger partial charge >= 0.3 is 6.03 Å². The van der Waals surface area contributed by atoms with Gasteiger partial charge in [-0.3, -0.25) is 4.98 Å². The van der Waals surface area contributed by atoms with E-state index in [1.54, 1.807) is 24.3 Å². The third-order valence-electron chi connectivity index (χ3n) is 2.76. The molecule has 0 spiro atoms. The van der Waals surface area contributed by atoms with Crippen LogP contribution in [0.5, 0.6) is 0 Å². The monoisotopic (exact) mass is 216 g/mol. The summed E-state index contributed by atoms with van der Waals surface area (Å²) in [6.07, 6.45) is 3.46. The zero-order chi connectivity index (χ0) is 11.5. The molecule has 0 bridgehead atoms. The Bertz CT molecular complexity index is 425. The van der Waals surface area contributed by atoms with Crippen LogP contribution >= 0.6 is 0 Å². The summed E-state index contributed by atoms with van der Waals surface area (Å²) in [5.74, 6) is 0. The standard InChI is InChI=1S/C11H12N4O/c1-14-10(9-3-2-5-13-7-9)8-15(6-4-12)11(14)16/h2-3,5,7,10H,6,8H2,1H3. The van der Waals surface area contributed by atoms with E-state index in [0.717, 1.165) is 5.56 Å². The van der Waals surface area contributed by atoms with Crippen LogP contribution in [0, 0.1) is 11.3 Å². The number of nitriles is 1. The van der Waals surface area contributed by atoms with Crippen LogP contribution in [-0.4, -0.2) is 41.0 Å². The lowest BCUT2D eigenvalue weighted by Gasteiger charge is -2.17. The highest BCUT2D eigenvalue weighted by Crippen LogP contribution is 2.26. The lowest BCUT2D eigenvalue weighted by molar-refractivity contribution is 0.199. The van der Waals surface area contributed by atoms with Crippen LogP contribution in [0.2, 0.25) is 0 Å². The number of likely N-dealkylation sites (N-methyl/N-ethyl adjacent to an activating group) is 1. The fourth-order valence-electron chi connectivity index (χ4n) is 1.89. The SMILES string of the molecule is CN1C(=O)N(CC#N)CC1c1cccnc1. The number of hydrogen-bond donors (Lipinski definition) is 0. The van der Waals surface area contributed by atoms with E-state index >= 15 is 0 Å². The van der Waals surface area contributed by atoms with Crippen molar-refractivity contribution < 1.29 is 4.79 Å². The van der Waals surface area contributed by atoms with E-state index in [2.05, 4.69) is 4.98 Å². The molecular formula is C11H12N4O. The second-order valence-electron chi connectivity index (χ2n) is 3.73. The average Bonchev–Trinajstić information content (AvgIpc) is 2.59. The Hall–Kier alpha value is -2.09. The smallest absolute Gasteiger partial charge is 0.319 e. The van der Waals surface area contributed by atoms with E-state index in [1.807, 2.05) is 18.2 Å². The van der Waals surface area contributed by atoms with Crippen LogP contribution in [0.25, 0.3) is 0 Å². The lowest BCUT2D eigenvalue weighted by Crippen LogP contribution is -2.29. The molecule has 82 valence electrons. The van der Waals surface area contributed by atoms with Crippen molar-refractivity contribution in [1.82, 2.24) is 14.8 Å². The maximum absolute atomic E-state index is 11.8. The van der Waals surface area contributed by atoms with E-state index in [-0.39, 0.29) is 18.6 Å². The molecule has 2 amide bonds. The van der Waals surface area contributed by atoms with Gasteiger partial charge in [-0.2, -0.15) is 5.26 Å². The van der Waals surface area contributed by atoms with E-state index < -0.39 is 0 Å². The summed E-state index contributed by atoms with van der Waals surface area (Å²) in [6, 6.07) is 5.68. The molecule has 1 aliphatic heterocycles. The molecule has 1 unspecified atom stereocenters. The van der Waals surface area contributed by atoms with E-state index in [1.165, 1.54) is 4.90 Å². The predicted molar refractivity (Wildman–Crippen MR) is 57.3 cm³/mol. The lowest BCUT2D eigenvalue weighted by atomic mass is 10.1. The first-order chi connectivity index (χ1) is 7.74. The van der Waals surface area contributed by atoms with Gasteiger partial charge in [0.2, 0.25) is 0 Å².